The molecule has 1 unspecified atom stereocenters. The van der Waals surface area contributed by atoms with E-state index >= 15 is 0 Å². The van der Waals surface area contributed by atoms with Gasteiger partial charge in [-0.1, -0.05) is 102 Å². The lowest BCUT2D eigenvalue weighted by Crippen LogP contribution is -2.24. The fraction of sp³-hybridized carbons (Fsp3) is 0.788. The molecule has 34 heavy (non-hydrogen) atoms. The van der Waals surface area contributed by atoms with Gasteiger partial charge in [-0.05, 0) is 92.6 Å². The lowest BCUT2D eigenvalue weighted by Gasteiger charge is -2.34. The minimum Gasteiger partial charge on any atom is -0.198 e. The monoisotopic (exact) mass is 463 g/mol. The van der Waals surface area contributed by atoms with E-state index in [9.17, 15) is 5.26 Å². The van der Waals surface area contributed by atoms with Crippen molar-refractivity contribution >= 4 is 0 Å². The molecular formula is C33H53N. The van der Waals surface area contributed by atoms with Crippen LogP contribution < -0.4 is 0 Å². The van der Waals surface area contributed by atoms with Crippen molar-refractivity contribution in [1.29, 1.82) is 5.26 Å². The molecule has 0 aliphatic heterocycles. The number of unbranched alkanes of at least 4 members (excludes halogenated alkanes) is 6. The molecule has 3 rings (SSSR count). The summed E-state index contributed by atoms with van der Waals surface area (Å²) in [5.74, 6) is 3.47. The number of rotatable bonds is 14. The molecule has 2 aliphatic rings. The Kier molecular flexibility index (Phi) is 12.6. The first-order valence-corrected chi connectivity index (χ1v) is 15.2. The highest BCUT2D eigenvalue weighted by molar-refractivity contribution is 5.26. The maximum absolute atomic E-state index is 9.94. The normalized spacial score (nSPS) is 26.1. The van der Waals surface area contributed by atoms with Gasteiger partial charge in [0.1, 0.15) is 0 Å². The van der Waals surface area contributed by atoms with Gasteiger partial charge < -0.3 is 0 Å². The molecule has 2 fully saturated rings. The van der Waals surface area contributed by atoms with Gasteiger partial charge in [-0.25, -0.2) is 0 Å². The molecular weight excluding hydrogens is 410 g/mol. The summed E-state index contributed by atoms with van der Waals surface area (Å²) in [6.45, 7) is 4.59. The summed E-state index contributed by atoms with van der Waals surface area (Å²) in [4.78, 5) is 0. The molecule has 1 atom stereocenters. The largest absolute Gasteiger partial charge is 0.198 e. The van der Waals surface area contributed by atoms with Gasteiger partial charge in [0.2, 0.25) is 0 Å². The third kappa shape index (κ3) is 9.06. The van der Waals surface area contributed by atoms with Crippen molar-refractivity contribution in [3.05, 3.63) is 35.4 Å². The highest BCUT2D eigenvalue weighted by Crippen LogP contribution is 2.42. The van der Waals surface area contributed by atoms with Crippen LogP contribution in [0.25, 0.3) is 0 Å². The SMILES string of the molecule is CCCCCCCCc1ccc([C@H]2CC[C@H](CC(C#N)[C@H]3CC[C@H](CCCC)CC3)CC2)cc1. The van der Waals surface area contributed by atoms with Crippen LogP contribution >= 0.6 is 0 Å². The third-order valence-corrected chi connectivity index (χ3v) is 9.30. The van der Waals surface area contributed by atoms with Gasteiger partial charge in [-0.3, -0.25) is 0 Å². The zero-order chi connectivity index (χ0) is 24.0. The van der Waals surface area contributed by atoms with Gasteiger partial charge in [0.25, 0.3) is 0 Å². The molecule has 1 aromatic rings. The maximum Gasteiger partial charge on any atom is 0.0658 e. The van der Waals surface area contributed by atoms with Gasteiger partial charge in [0, 0.05) is 5.92 Å². The molecule has 2 saturated carbocycles. The number of hydrogen-bond acceptors (Lipinski definition) is 1. The number of nitriles is 1. The average Bonchev–Trinajstić information content (AvgIpc) is 2.89. The minimum absolute atomic E-state index is 0.315. The van der Waals surface area contributed by atoms with Crippen LogP contribution in [0, 0.1) is 35.0 Å². The Morgan fingerprint density at radius 1 is 0.735 bits per heavy atom. The molecule has 1 aromatic carbocycles. The van der Waals surface area contributed by atoms with E-state index in [0.717, 1.165) is 17.8 Å². The summed E-state index contributed by atoms with van der Waals surface area (Å²) >= 11 is 0. The molecule has 0 aromatic heterocycles. The number of hydrogen-bond donors (Lipinski definition) is 0. The van der Waals surface area contributed by atoms with Gasteiger partial charge in [0.15, 0.2) is 0 Å². The Hall–Kier alpha value is -1.29. The summed E-state index contributed by atoms with van der Waals surface area (Å²) in [6, 6.07) is 12.4. The van der Waals surface area contributed by atoms with Crippen LogP contribution in [-0.2, 0) is 6.42 Å². The molecule has 0 heterocycles. The molecule has 0 saturated heterocycles. The summed E-state index contributed by atoms with van der Waals surface area (Å²) in [5.41, 5.74) is 3.08. The lowest BCUT2D eigenvalue weighted by atomic mass is 9.70. The van der Waals surface area contributed by atoms with Crippen molar-refractivity contribution in [3.63, 3.8) is 0 Å². The third-order valence-electron chi connectivity index (χ3n) is 9.30. The van der Waals surface area contributed by atoms with E-state index in [4.69, 9.17) is 0 Å². The van der Waals surface area contributed by atoms with Crippen LogP contribution in [0.2, 0.25) is 0 Å². The average molecular weight is 464 g/mol. The van der Waals surface area contributed by atoms with Gasteiger partial charge >= 0.3 is 0 Å². The van der Waals surface area contributed by atoms with E-state index in [0.29, 0.717) is 11.8 Å². The zero-order valence-corrected chi connectivity index (χ0v) is 22.6. The summed E-state index contributed by atoms with van der Waals surface area (Å²) in [5, 5.41) is 9.94. The first-order valence-electron chi connectivity index (χ1n) is 15.2. The maximum atomic E-state index is 9.94. The Balaban J connectivity index is 1.35. The Bertz CT molecular complexity index is 682. The van der Waals surface area contributed by atoms with E-state index in [1.165, 1.54) is 128 Å². The van der Waals surface area contributed by atoms with Gasteiger partial charge in [0.05, 0.1) is 6.07 Å². The summed E-state index contributed by atoms with van der Waals surface area (Å²) < 4.78 is 0. The first kappa shape index (κ1) is 27.3. The predicted molar refractivity (Wildman–Crippen MR) is 147 cm³/mol. The van der Waals surface area contributed by atoms with E-state index in [-0.39, 0.29) is 0 Å². The second-order valence-electron chi connectivity index (χ2n) is 11.9. The molecule has 190 valence electrons. The summed E-state index contributed by atoms with van der Waals surface area (Å²) in [7, 11) is 0. The topological polar surface area (TPSA) is 23.8 Å². The fourth-order valence-corrected chi connectivity index (χ4v) is 6.88. The van der Waals surface area contributed by atoms with Crippen LogP contribution in [0.4, 0.5) is 0 Å². The number of aryl methyl sites for hydroxylation is 1. The Labute approximate surface area is 212 Å². The predicted octanol–water partition coefficient (Wildman–Crippen LogP) is 10.4. The quantitative estimate of drug-likeness (QED) is 0.252. The van der Waals surface area contributed by atoms with Crippen LogP contribution in [0.15, 0.2) is 24.3 Å². The van der Waals surface area contributed by atoms with Crippen LogP contribution in [0.1, 0.15) is 146 Å². The lowest BCUT2D eigenvalue weighted by molar-refractivity contribution is 0.188. The zero-order valence-electron chi connectivity index (χ0n) is 22.6. The summed E-state index contributed by atoms with van der Waals surface area (Å²) in [6.07, 6.45) is 25.5. The van der Waals surface area contributed by atoms with Crippen LogP contribution in [-0.4, -0.2) is 0 Å². The van der Waals surface area contributed by atoms with E-state index in [2.05, 4.69) is 44.2 Å². The Morgan fingerprint density at radius 3 is 2.00 bits per heavy atom. The van der Waals surface area contributed by atoms with Crippen LogP contribution in [0.3, 0.4) is 0 Å². The van der Waals surface area contributed by atoms with Crippen molar-refractivity contribution in [1.82, 2.24) is 0 Å². The van der Waals surface area contributed by atoms with E-state index in [1.807, 2.05) is 0 Å². The smallest absolute Gasteiger partial charge is 0.0658 e. The molecule has 1 heteroatoms. The number of benzene rings is 1. The minimum atomic E-state index is 0.315. The second-order valence-corrected chi connectivity index (χ2v) is 11.9. The highest BCUT2D eigenvalue weighted by Gasteiger charge is 2.31. The molecule has 0 spiro atoms. The molecule has 0 N–H and O–H groups in total. The van der Waals surface area contributed by atoms with Gasteiger partial charge in [-0.15, -0.1) is 0 Å². The molecule has 2 aliphatic carbocycles. The van der Waals surface area contributed by atoms with Crippen LogP contribution in [0.5, 0.6) is 0 Å². The molecule has 0 radical (unpaired) electrons. The van der Waals surface area contributed by atoms with Crippen molar-refractivity contribution < 1.29 is 0 Å². The fourth-order valence-electron chi connectivity index (χ4n) is 6.88. The molecule has 0 bridgehead atoms. The van der Waals surface area contributed by atoms with Crippen molar-refractivity contribution in [2.75, 3.05) is 0 Å². The standard InChI is InChI=1S/C33H53N/c1-3-5-7-8-9-10-12-28-13-19-30(20-14-28)31-23-17-29(18-24-31)25-33(26-34)32-21-15-27(16-22-32)11-6-4-2/h13-14,19-20,27,29,31-33H,3-12,15-18,21-25H2,1-2H3/t27-,29-,31-,32-,33?. The molecule has 1 nitrogen and oxygen atoms in total. The first-order chi connectivity index (χ1) is 16.7. The van der Waals surface area contributed by atoms with E-state index < -0.39 is 0 Å². The van der Waals surface area contributed by atoms with Crippen molar-refractivity contribution in [2.24, 2.45) is 23.7 Å². The van der Waals surface area contributed by atoms with Crippen molar-refractivity contribution in [2.45, 2.75) is 142 Å². The molecule has 0 amide bonds. The number of nitrogens with zero attached hydrogens (tertiary/aromatic N) is 1. The van der Waals surface area contributed by atoms with Gasteiger partial charge in [-0.2, -0.15) is 5.26 Å². The van der Waals surface area contributed by atoms with Crippen molar-refractivity contribution in [3.8, 4) is 6.07 Å². The Morgan fingerprint density at radius 2 is 1.35 bits per heavy atom. The second kappa shape index (κ2) is 15.7. The highest BCUT2D eigenvalue weighted by atomic mass is 14.4. The van der Waals surface area contributed by atoms with E-state index in [1.54, 1.807) is 5.56 Å².